The summed E-state index contributed by atoms with van der Waals surface area (Å²) in [5.74, 6) is -3.07. The first-order valence-corrected chi connectivity index (χ1v) is 16.3. The van der Waals surface area contributed by atoms with Crippen LogP contribution in [0, 0.1) is 5.41 Å². The number of benzene rings is 1. The van der Waals surface area contributed by atoms with Gasteiger partial charge in [0.05, 0.1) is 18.7 Å². The van der Waals surface area contributed by atoms with Crippen molar-refractivity contribution in [3.63, 3.8) is 0 Å². The predicted molar refractivity (Wildman–Crippen MR) is 205 cm³/mol. The number of nitrogens with two attached hydrogens (primary N) is 5. The smallest absolute Gasteiger partial charge is 0.244 e. The van der Waals surface area contributed by atoms with Crippen LogP contribution in [0.3, 0.4) is 0 Å². The number of nitrogens with one attached hydrogen (secondary N) is 5. The molecule has 1 aromatic carbocycles. The van der Waals surface area contributed by atoms with Crippen molar-refractivity contribution in [2.45, 2.75) is 82.3 Å². The third-order valence-electron chi connectivity index (χ3n) is 7.36. The number of aliphatic hydroxyl groups excluding tert-OH is 1. The maximum Gasteiger partial charge on any atom is 0.244 e. The van der Waals surface area contributed by atoms with Crippen LogP contribution in [0.15, 0.2) is 24.3 Å². The third-order valence-corrected chi connectivity index (χ3v) is 7.36. The number of guanidine groups is 1. The van der Waals surface area contributed by atoms with E-state index in [1.165, 1.54) is 4.90 Å². The van der Waals surface area contributed by atoms with E-state index in [1.807, 2.05) is 12.1 Å². The number of amides is 6. The van der Waals surface area contributed by atoms with Crippen molar-refractivity contribution < 1.29 is 33.9 Å². The molecule has 0 spiro atoms. The Labute approximate surface area is 322 Å². The fourth-order valence-electron chi connectivity index (χ4n) is 4.62. The highest BCUT2D eigenvalue weighted by atomic mass is 35.5. The summed E-state index contributed by atoms with van der Waals surface area (Å²) in [4.78, 5) is 73.7. The van der Waals surface area contributed by atoms with Crippen LogP contribution >= 0.6 is 37.2 Å². The quantitative estimate of drug-likeness (QED) is 0.0306. The summed E-state index contributed by atoms with van der Waals surface area (Å²) >= 11 is 0. The highest BCUT2D eigenvalue weighted by Gasteiger charge is 2.22. The van der Waals surface area contributed by atoms with Gasteiger partial charge in [-0.15, -0.1) is 37.2 Å². The Balaban J connectivity index is -0.00000800. The molecule has 52 heavy (non-hydrogen) atoms. The van der Waals surface area contributed by atoms with Crippen molar-refractivity contribution in [1.29, 1.82) is 5.41 Å². The molecule has 0 heterocycles. The standard InChI is InChI=1S/C31H53N11O7.3ClH/c32-22(11-13-25(34)44)28(47)38-16-4-18-42(30(49)23(33)12-14-26(35)45)17-2-1-15-39-29(48)24(19-43)41-27(46)6-3-5-20-7-9-21(10-8-20)40-31(36)37;;;/h7-10,22-24,43H,1-6,11-19,32-33H2,(H2,34,44)(H2,35,45)(H,38,47)(H,39,48)(H,41,46)(H4,36,37,40);3*1H/t22-,23-,24-;;;/m0.../s1. The molecule has 0 bridgehead atoms. The van der Waals surface area contributed by atoms with Crippen LogP contribution in [0.1, 0.15) is 63.4 Å². The fraction of sp³-hybridized carbons (Fsp3) is 0.581. The molecule has 1 rings (SSSR count). The number of primary amides is 2. The number of halogens is 3. The number of unbranched alkanes of at least 4 members (excludes halogenated alkanes) is 1. The number of carbonyl (C=O) groups is 6. The van der Waals surface area contributed by atoms with Gasteiger partial charge in [0.2, 0.25) is 35.4 Å². The van der Waals surface area contributed by atoms with E-state index in [0.29, 0.717) is 37.8 Å². The van der Waals surface area contributed by atoms with Crippen LogP contribution in [-0.4, -0.2) is 102 Å². The first-order valence-electron chi connectivity index (χ1n) is 16.3. The van der Waals surface area contributed by atoms with Crippen LogP contribution in [-0.2, 0) is 35.2 Å². The summed E-state index contributed by atoms with van der Waals surface area (Å²) in [7, 11) is 0. The summed E-state index contributed by atoms with van der Waals surface area (Å²) < 4.78 is 0. The molecule has 0 unspecified atom stereocenters. The van der Waals surface area contributed by atoms with E-state index in [0.717, 1.165) is 5.56 Å². The van der Waals surface area contributed by atoms with Gasteiger partial charge in [0, 0.05) is 51.1 Å². The summed E-state index contributed by atoms with van der Waals surface area (Å²) in [6.45, 7) is 0.365. The molecule has 1 aromatic rings. The van der Waals surface area contributed by atoms with Crippen LogP contribution in [0.25, 0.3) is 0 Å². The second-order valence-corrected chi connectivity index (χ2v) is 11.6. The monoisotopic (exact) mass is 799 g/mol. The highest BCUT2D eigenvalue weighted by Crippen LogP contribution is 2.12. The van der Waals surface area contributed by atoms with Gasteiger partial charge in [0.1, 0.15) is 6.04 Å². The van der Waals surface area contributed by atoms with Gasteiger partial charge in [-0.3, -0.25) is 34.2 Å². The number of hydrogen-bond acceptors (Lipinski definition) is 10. The minimum absolute atomic E-state index is 0. The van der Waals surface area contributed by atoms with Crippen LogP contribution in [0.4, 0.5) is 5.69 Å². The average molecular weight is 801 g/mol. The van der Waals surface area contributed by atoms with E-state index in [9.17, 15) is 33.9 Å². The Bertz CT molecular complexity index is 1260. The summed E-state index contributed by atoms with van der Waals surface area (Å²) in [6.07, 6.45) is 2.71. The molecule has 6 amide bonds. The van der Waals surface area contributed by atoms with Crippen LogP contribution < -0.4 is 49.9 Å². The number of aryl methyl sites for hydroxylation is 1. The Morgan fingerprint density at radius 2 is 1.27 bits per heavy atom. The zero-order chi connectivity index (χ0) is 36.8. The van der Waals surface area contributed by atoms with E-state index < -0.39 is 48.4 Å². The lowest BCUT2D eigenvalue weighted by Gasteiger charge is -2.26. The van der Waals surface area contributed by atoms with Crippen molar-refractivity contribution >= 4 is 84.3 Å². The van der Waals surface area contributed by atoms with Gasteiger partial charge in [-0.05, 0) is 62.6 Å². The van der Waals surface area contributed by atoms with Gasteiger partial charge in [0.15, 0.2) is 5.96 Å². The predicted octanol–water partition coefficient (Wildman–Crippen LogP) is -1.53. The normalized spacial score (nSPS) is 11.8. The van der Waals surface area contributed by atoms with E-state index in [4.69, 9.17) is 34.1 Å². The Morgan fingerprint density at radius 3 is 1.83 bits per heavy atom. The van der Waals surface area contributed by atoms with Crippen LogP contribution in [0.2, 0.25) is 0 Å². The maximum absolute atomic E-state index is 13.0. The molecule has 0 radical (unpaired) electrons. The maximum atomic E-state index is 13.0. The molecule has 0 fully saturated rings. The summed E-state index contributed by atoms with van der Waals surface area (Å²) in [6, 6.07) is 4.30. The van der Waals surface area contributed by atoms with Gasteiger partial charge in [-0.2, -0.15) is 0 Å². The number of nitrogens with zero attached hydrogens (tertiary/aromatic N) is 1. The van der Waals surface area contributed by atoms with Crippen molar-refractivity contribution in [2.24, 2.45) is 28.7 Å². The third kappa shape index (κ3) is 23.5. The van der Waals surface area contributed by atoms with E-state index >= 15 is 0 Å². The van der Waals surface area contributed by atoms with Gasteiger partial charge in [0.25, 0.3) is 0 Å². The van der Waals surface area contributed by atoms with E-state index in [2.05, 4.69) is 21.3 Å². The largest absolute Gasteiger partial charge is 0.394 e. The lowest BCUT2D eigenvalue weighted by atomic mass is 10.1. The zero-order valence-corrected chi connectivity index (χ0v) is 31.6. The second-order valence-electron chi connectivity index (χ2n) is 11.6. The topological polar surface area (TPSA) is 328 Å². The van der Waals surface area contributed by atoms with Crippen molar-refractivity contribution in [3.05, 3.63) is 29.8 Å². The minimum atomic E-state index is -1.12. The van der Waals surface area contributed by atoms with Gasteiger partial charge >= 0.3 is 0 Å². The van der Waals surface area contributed by atoms with E-state index in [1.54, 1.807) is 12.1 Å². The molecule has 0 aromatic heterocycles. The molecular weight excluding hydrogens is 745 g/mol. The molecule has 0 aliphatic heterocycles. The summed E-state index contributed by atoms with van der Waals surface area (Å²) in [5.41, 5.74) is 29.0. The Morgan fingerprint density at radius 1 is 0.731 bits per heavy atom. The first-order chi connectivity index (χ1) is 23.2. The zero-order valence-electron chi connectivity index (χ0n) is 29.1. The average Bonchev–Trinajstić information content (AvgIpc) is 3.05. The van der Waals surface area contributed by atoms with Gasteiger partial charge < -0.3 is 59.9 Å². The summed E-state index contributed by atoms with van der Waals surface area (Å²) in [5, 5.41) is 27.5. The molecule has 0 saturated heterocycles. The molecule has 0 saturated carbocycles. The SMILES string of the molecule is Cl.Cl.Cl.N=C(N)Nc1ccc(CCCC(=O)N[C@@H](CO)C(=O)NCCCCN(CCCNC(=O)[C@@H](N)CCC(N)=O)C(=O)[C@@H](N)CCC(N)=O)cc1. The molecule has 18 nitrogen and oxygen atoms in total. The Kier molecular flexibility index (Phi) is 29.9. The lowest BCUT2D eigenvalue weighted by Crippen LogP contribution is -2.49. The van der Waals surface area contributed by atoms with Gasteiger partial charge in [-0.1, -0.05) is 12.1 Å². The number of anilines is 1. The lowest BCUT2D eigenvalue weighted by molar-refractivity contribution is -0.133. The van der Waals surface area contributed by atoms with E-state index in [-0.39, 0.29) is 113 Å². The number of aliphatic hydroxyl groups is 1. The minimum Gasteiger partial charge on any atom is -0.394 e. The van der Waals surface area contributed by atoms with Crippen molar-refractivity contribution in [2.75, 3.05) is 38.1 Å². The van der Waals surface area contributed by atoms with Gasteiger partial charge in [-0.25, -0.2) is 0 Å². The number of rotatable bonds is 25. The molecule has 16 N–H and O–H groups in total. The fourth-order valence-corrected chi connectivity index (χ4v) is 4.62. The molecule has 3 atom stereocenters. The second kappa shape index (κ2) is 29.6. The van der Waals surface area contributed by atoms with Crippen molar-refractivity contribution in [1.82, 2.24) is 20.9 Å². The molecule has 298 valence electrons. The molecular formula is C31H56Cl3N11O7. The first kappa shape index (κ1) is 52.4. The highest BCUT2D eigenvalue weighted by molar-refractivity contribution is 5.90. The molecule has 21 heteroatoms. The molecule has 0 aliphatic carbocycles. The van der Waals surface area contributed by atoms with Crippen molar-refractivity contribution in [3.8, 4) is 0 Å². The Hall–Kier alpha value is -3.94. The molecule has 0 aliphatic rings. The number of hydrogen-bond donors (Lipinski definition) is 11. The van der Waals surface area contributed by atoms with Crippen LogP contribution in [0.5, 0.6) is 0 Å². The number of carbonyl (C=O) groups excluding carboxylic acids is 6.